The van der Waals surface area contributed by atoms with Crippen LogP contribution in [0.2, 0.25) is 0 Å². The van der Waals surface area contributed by atoms with Gasteiger partial charge in [0, 0.05) is 12.0 Å². The van der Waals surface area contributed by atoms with Gasteiger partial charge >= 0.3 is 6.09 Å². The van der Waals surface area contributed by atoms with E-state index in [0.29, 0.717) is 37.0 Å². The molecular formula is C41H56N6O8S. The van der Waals surface area contributed by atoms with Crippen LogP contribution in [0.1, 0.15) is 70.4 Å². The van der Waals surface area contributed by atoms with Gasteiger partial charge in [0.25, 0.3) is 0 Å². The second-order valence-corrected chi connectivity index (χ2v) is 17.8. The number of aromatic hydroxyl groups is 1. The fraction of sp³-hybridized carbons (Fsp3) is 0.561. The Morgan fingerprint density at radius 3 is 2.04 bits per heavy atom. The molecule has 0 aliphatic heterocycles. The van der Waals surface area contributed by atoms with Gasteiger partial charge in [0.05, 0.1) is 23.9 Å². The van der Waals surface area contributed by atoms with Crippen molar-refractivity contribution in [3.63, 3.8) is 0 Å². The zero-order valence-electron chi connectivity index (χ0n) is 32.6. The first kappa shape index (κ1) is 42.5. The number of carbonyl (C=O) groups is 6. The lowest BCUT2D eigenvalue weighted by molar-refractivity contribution is -0.170. The predicted octanol–water partition coefficient (Wildman–Crippen LogP) is 2.49. The lowest BCUT2D eigenvalue weighted by atomic mass is 9.41. The van der Waals surface area contributed by atoms with E-state index < -0.39 is 76.9 Å². The number of carbonyl (C=O) groups excluding carboxylic acids is 6. The third kappa shape index (κ3) is 10.4. The van der Waals surface area contributed by atoms with E-state index >= 15 is 0 Å². The molecule has 2 aromatic rings. The molecule has 4 bridgehead atoms. The summed E-state index contributed by atoms with van der Waals surface area (Å²) in [6.45, 7) is 4.57. The lowest BCUT2D eigenvalue weighted by Gasteiger charge is -2.64. The van der Waals surface area contributed by atoms with Gasteiger partial charge in [-0.05, 0) is 113 Å². The number of nitrogens with one attached hydrogen (secondary N) is 4. The Morgan fingerprint density at radius 1 is 0.839 bits per heavy atom. The second-order valence-electron chi connectivity index (χ2n) is 16.8. The maximum atomic E-state index is 14.6. The number of thioether (sulfide) groups is 1. The smallest absolute Gasteiger partial charge is 0.408 e. The first-order chi connectivity index (χ1) is 26.4. The van der Waals surface area contributed by atoms with Crippen molar-refractivity contribution in [2.75, 3.05) is 18.6 Å². The Bertz CT molecular complexity index is 1750. The Balaban J connectivity index is 1.29. The molecule has 0 spiro atoms. The van der Waals surface area contributed by atoms with E-state index in [9.17, 15) is 33.9 Å². The quantitative estimate of drug-likeness (QED) is 0.124. The SMILES string of the molecule is CSCC[C@@H](NC(=O)[C@H](Cc1ccc(O)cc1)NC(=O)OC(C)(C)C)C(=O)NCC(=O)N[C@@H](Cc1ccccc1)C(=O)C1C2(N)CC3CC(C2)CC1(C(N)=O)C3. The summed E-state index contributed by atoms with van der Waals surface area (Å²) < 4.78 is 5.38. The van der Waals surface area contributed by atoms with Crippen LogP contribution in [0.25, 0.3) is 0 Å². The molecule has 14 nitrogen and oxygen atoms in total. The van der Waals surface area contributed by atoms with Gasteiger partial charge in [-0.1, -0.05) is 42.5 Å². The van der Waals surface area contributed by atoms with Crippen LogP contribution < -0.4 is 32.7 Å². The first-order valence-corrected chi connectivity index (χ1v) is 20.6. The number of phenolic OH excluding ortho intramolecular Hbond substituents is 1. The zero-order chi connectivity index (χ0) is 40.8. The van der Waals surface area contributed by atoms with Crippen molar-refractivity contribution in [1.29, 1.82) is 0 Å². The molecular weight excluding hydrogens is 737 g/mol. The van der Waals surface area contributed by atoms with Crippen LogP contribution in [0.4, 0.5) is 4.79 Å². The highest BCUT2D eigenvalue weighted by Gasteiger charge is 2.67. The molecule has 6 atom stereocenters. The number of hydrogen-bond acceptors (Lipinski definition) is 10. The molecule has 304 valence electrons. The number of ketones is 1. The third-order valence-electron chi connectivity index (χ3n) is 11.2. The van der Waals surface area contributed by atoms with Crippen molar-refractivity contribution in [3.05, 3.63) is 65.7 Å². The molecule has 15 heteroatoms. The first-order valence-electron chi connectivity index (χ1n) is 19.2. The van der Waals surface area contributed by atoms with Crippen molar-refractivity contribution < 1.29 is 38.6 Å². The largest absolute Gasteiger partial charge is 0.508 e. The number of phenols is 1. The average molecular weight is 793 g/mol. The summed E-state index contributed by atoms with van der Waals surface area (Å²) in [7, 11) is 0. The number of benzene rings is 2. The monoisotopic (exact) mass is 792 g/mol. The van der Waals surface area contributed by atoms with E-state index in [1.54, 1.807) is 32.9 Å². The highest BCUT2D eigenvalue weighted by atomic mass is 32.2. The number of Topliss-reactive ketones (excluding diaryl/α,β-unsaturated/α-hetero) is 1. The van der Waals surface area contributed by atoms with Gasteiger partial charge in [0.15, 0.2) is 5.78 Å². The summed E-state index contributed by atoms with van der Waals surface area (Å²) in [6.07, 6.45) is 4.62. The summed E-state index contributed by atoms with van der Waals surface area (Å²) in [5, 5.41) is 20.5. The van der Waals surface area contributed by atoms with Gasteiger partial charge in [0.2, 0.25) is 23.6 Å². The minimum absolute atomic E-state index is 0.0326. The highest BCUT2D eigenvalue weighted by Crippen LogP contribution is 2.64. The number of nitrogens with two attached hydrogens (primary N) is 2. The van der Waals surface area contributed by atoms with Gasteiger partial charge in [0.1, 0.15) is 23.4 Å². The van der Waals surface area contributed by atoms with Crippen LogP contribution in [0, 0.1) is 23.2 Å². The predicted molar refractivity (Wildman–Crippen MR) is 212 cm³/mol. The van der Waals surface area contributed by atoms with Crippen LogP contribution in [-0.4, -0.2) is 88.4 Å². The van der Waals surface area contributed by atoms with Crippen LogP contribution in [0.3, 0.4) is 0 Å². The Kier molecular flexibility index (Phi) is 13.4. The third-order valence-corrected chi connectivity index (χ3v) is 11.9. The van der Waals surface area contributed by atoms with Crippen molar-refractivity contribution >= 4 is 47.3 Å². The molecule has 4 aliphatic carbocycles. The minimum atomic E-state index is -1.15. The van der Waals surface area contributed by atoms with Crippen molar-refractivity contribution in [2.45, 2.75) is 101 Å². The van der Waals surface area contributed by atoms with Gasteiger partial charge < -0.3 is 42.6 Å². The summed E-state index contributed by atoms with van der Waals surface area (Å²) in [5.74, 6) is -2.68. The van der Waals surface area contributed by atoms with Gasteiger partial charge in [-0.15, -0.1) is 0 Å². The molecule has 4 aliphatic rings. The van der Waals surface area contributed by atoms with Crippen LogP contribution in [0.15, 0.2) is 54.6 Å². The molecule has 0 aromatic heterocycles. The summed E-state index contributed by atoms with van der Waals surface area (Å²) >= 11 is 1.46. The summed E-state index contributed by atoms with van der Waals surface area (Å²) in [6, 6.07) is 12.1. The van der Waals surface area contributed by atoms with E-state index in [1.165, 1.54) is 23.9 Å². The Labute approximate surface area is 332 Å². The number of hydrogen-bond donors (Lipinski definition) is 7. The normalized spacial score (nSPS) is 25.3. The number of primary amides is 1. The molecule has 0 radical (unpaired) electrons. The highest BCUT2D eigenvalue weighted by molar-refractivity contribution is 7.98. The van der Waals surface area contributed by atoms with Gasteiger partial charge in [-0.25, -0.2) is 4.79 Å². The van der Waals surface area contributed by atoms with Crippen molar-refractivity contribution in [2.24, 2.45) is 34.6 Å². The molecule has 4 saturated carbocycles. The zero-order valence-corrected chi connectivity index (χ0v) is 33.4. The second kappa shape index (κ2) is 17.7. The van der Waals surface area contributed by atoms with Crippen LogP contribution >= 0.6 is 11.8 Å². The van der Waals surface area contributed by atoms with Crippen molar-refractivity contribution in [1.82, 2.24) is 21.3 Å². The molecule has 2 aromatic carbocycles. The minimum Gasteiger partial charge on any atom is -0.508 e. The van der Waals surface area contributed by atoms with E-state index in [-0.39, 0.29) is 42.6 Å². The Morgan fingerprint density at radius 2 is 1.45 bits per heavy atom. The van der Waals surface area contributed by atoms with E-state index in [1.807, 2.05) is 36.6 Å². The maximum absolute atomic E-state index is 14.6. The van der Waals surface area contributed by atoms with E-state index in [0.717, 1.165) is 12.0 Å². The van der Waals surface area contributed by atoms with Crippen LogP contribution in [-0.2, 0) is 41.6 Å². The van der Waals surface area contributed by atoms with Gasteiger partial charge in [-0.2, -0.15) is 11.8 Å². The van der Waals surface area contributed by atoms with Crippen LogP contribution in [0.5, 0.6) is 5.75 Å². The molecule has 5 amide bonds. The van der Waals surface area contributed by atoms with E-state index in [4.69, 9.17) is 16.2 Å². The van der Waals surface area contributed by atoms with E-state index in [2.05, 4.69) is 21.3 Å². The van der Waals surface area contributed by atoms with Gasteiger partial charge in [-0.3, -0.25) is 24.0 Å². The molecule has 3 unspecified atom stereocenters. The molecule has 56 heavy (non-hydrogen) atoms. The molecule has 9 N–H and O–H groups in total. The summed E-state index contributed by atoms with van der Waals surface area (Å²) in [5.41, 5.74) is 11.7. The summed E-state index contributed by atoms with van der Waals surface area (Å²) in [4.78, 5) is 81.5. The molecule has 0 saturated heterocycles. The fourth-order valence-electron chi connectivity index (χ4n) is 9.25. The number of alkyl carbamates (subject to hydrolysis) is 1. The Hall–Kier alpha value is -4.63. The molecule has 0 heterocycles. The number of amides is 5. The number of ether oxygens (including phenoxy) is 1. The fourth-order valence-corrected chi connectivity index (χ4v) is 9.73. The molecule has 4 fully saturated rings. The lowest BCUT2D eigenvalue weighted by Crippen LogP contribution is -2.73. The standard InChI is InChI=1S/C41H56N6O8S/c1-39(2,3)55-38(54)47-31(18-25-10-12-28(48)13-11-25)36(52)46-29(14-15-56-4)35(51)44-23-32(49)45-30(17-24-8-6-5-7-9-24)33(50)34-40(37(42)53)19-26-16-27(20-40)22-41(34,43)21-26/h5-13,26-27,29-31,34,48H,14-23,43H2,1-4H3,(H2,42,53)(H,44,51)(H,45,49)(H,46,52)(H,47,54)/t26?,27?,29-,30+,31+,34?,40?,41?/m1/s1. The average Bonchev–Trinajstić information content (AvgIpc) is 3.11. The maximum Gasteiger partial charge on any atom is 0.408 e. The topological polar surface area (TPSA) is 232 Å². The molecule has 6 rings (SSSR count). The van der Waals surface area contributed by atoms with Crippen molar-refractivity contribution in [3.8, 4) is 5.75 Å². The number of rotatable bonds is 17.